The number of hydrogen-bond acceptors (Lipinski definition) is 25. The van der Waals surface area contributed by atoms with Crippen molar-refractivity contribution in [2.45, 2.75) is 174 Å². The molecule has 0 saturated carbocycles. The van der Waals surface area contributed by atoms with Gasteiger partial charge in [-0.1, -0.05) is 0 Å². The minimum Gasteiger partial charge on any atom is -0.394 e. The van der Waals surface area contributed by atoms with Crippen LogP contribution in [-0.2, 0) is 52.2 Å². The number of carbonyl (C=O) groups is 2. The molecule has 0 aromatic heterocycles. The largest absolute Gasteiger partial charge is 0.394 e. The first-order chi connectivity index (χ1) is 28.7. The maximum atomic E-state index is 12.4. The van der Waals surface area contributed by atoms with E-state index in [1.165, 1.54) is 6.92 Å². The second-order valence-corrected chi connectivity index (χ2v) is 15.4. The number of amides is 2. The Morgan fingerprint density at radius 1 is 0.459 bits per heavy atom. The second-order valence-electron chi connectivity index (χ2n) is 15.4. The summed E-state index contributed by atoms with van der Waals surface area (Å²) in [4.78, 5) is 24.6. The average Bonchev–Trinajstić information content (AvgIpc) is 3.22. The molecule has 5 rings (SSSR count). The van der Waals surface area contributed by atoms with E-state index in [-0.39, 0.29) is 0 Å². The topological polar surface area (TPSA) is 424 Å². The Balaban J connectivity index is 1.48. The Morgan fingerprint density at radius 3 is 1.54 bits per heavy atom. The second kappa shape index (κ2) is 21.3. The smallest absolute Gasteiger partial charge is 0.217 e. The summed E-state index contributed by atoms with van der Waals surface area (Å²) < 4.78 is 52.1. The van der Waals surface area contributed by atoms with Crippen molar-refractivity contribution >= 4 is 11.8 Å². The molecule has 5 heterocycles. The molecule has 0 spiro atoms. The highest BCUT2D eigenvalue weighted by atomic mass is 16.8. The summed E-state index contributed by atoms with van der Waals surface area (Å²) in [6, 6.07) is -3.20. The number of nitrogens with one attached hydrogen (secondary N) is 2. The van der Waals surface area contributed by atoms with Gasteiger partial charge in [-0.15, -0.1) is 0 Å². The van der Waals surface area contributed by atoms with E-state index in [4.69, 9.17) is 42.6 Å². The van der Waals surface area contributed by atoms with Gasteiger partial charge < -0.3 is 125 Å². The Labute approximate surface area is 346 Å². The molecule has 5 aliphatic rings. The highest BCUT2D eigenvalue weighted by molar-refractivity contribution is 5.73. The third-order valence-corrected chi connectivity index (χ3v) is 11.1. The van der Waals surface area contributed by atoms with Crippen LogP contribution in [0.4, 0.5) is 0 Å². The maximum absolute atomic E-state index is 12.4. The van der Waals surface area contributed by atoms with Crippen LogP contribution in [-0.4, -0.2) is 263 Å². The molecule has 27 nitrogen and oxygen atoms in total. The van der Waals surface area contributed by atoms with E-state index >= 15 is 0 Å². The van der Waals surface area contributed by atoms with Gasteiger partial charge in [0.2, 0.25) is 11.8 Å². The highest BCUT2D eigenvalue weighted by Gasteiger charge is 2.57. The van der Waals surface area contributed by atoms with Gasteiger partial charge in [0.1, 0.15) is 116 Å². The minimum absolute atomic E-state index is 0.690. The fourth-order valence-electron chi connectivity index (χ4n) is 7.65. The van der Waals surface area contributed by atoms with Gasteiger partial charge in [0.25, 0.3) is 0 Å². The van der Waals surface area contributed by atoms with E-state index in [0.29, 0.717) is 0 Å². The Hall–Kier alpha value is -1.98. The van der Waals surface area contributed by atoms with Gasteiger partial charge in [-0.05, 0) is 6.92 Å². The van der Waals surface area contributed by atoms with Gasteiger partial charge >= 0.3 is 0 Å². The van der Waals surface area contributed by atoms with Crippen molar-refractivity contribution in [2.75, 3.05) is 26.4 Å². The van der Waals surface area contributed by atoms with E-state index in [9.17, 15) is 81.1 Å². The van der Waals surface area contributed by atoms with Crippen molar-refractivity contribution in [3.63, 3.8) is 0 Å². The molecule has 0 aromatic rings. The van der Waals surface area contributed by atoms with Gasteiger partial charge in [-0.25, -0.2) is 0 Å². The predicted molar refractivity (Wildman–Crippen MR) is 188 cm³/mol. The number of aliphatic hydroxyl groups excluding tert-OH is 14. The summed E-state index contributed by atoms with van der Waals surface area (Å²) in [5.41, 5.74) is 0. The van der Waals surface area contributed by atoms with Crippen LogP contribution in [0.2, 0.25) is 0 Å². The first kappa shape index (κ1) is 50.0. The average molecular weight is 895 g/mol. The maximum Gasteiger partial charge on any atom is 0.217 e. The van der Waals surface area contributed by atoms with Crippen molar-refractivity contribution in [2.24, 2.45) is 0 Å². The molecule has 61 heavy (non-hydrogen) atoms. The summed E-state index contributed by atoms with van der Waals surface area (Å²) in [6.45, 7) is -0.0765. The van der Waals surface area contributed by atoms with Crippen molar-refractivity contribution in [1.29, 1.82) is 0 Å². The van der Waals surface area contributed by atoms with Crippen molar-refractivity contribution in [1.82, 2.24) is 10.6 Å². The van der Waals surface area contributed by atoms with Crippen LogP contribution >= 0.6 is 0 Å². The van der Waals surface area contributed by atoms with Crippen LogP contribution in [0.1, 0.15) is 20.8 Å². The molecule has 25 atom stereocenters. The highest BCUT2D eigenvalue weighted by Crippen LogP contribution is 2.36. The Morgan fingerprint density at radius 2 is 0.951 bits per heavy atom. The molecule has 2 amide bonds. The molecule has 0 radical (unpaired) electrons. The summed E-state index contributed by atoms with van der Waals surface area (Å²) in [7, 11) is 0. The molecule has 0 aliphatic carbocycles. The lowest BCUT2D eigenvalue weighted by atomic mass is 9.94. The van der Waals surface area contributed by atoms with Crippen molar-refractivity contribution in [3.05, 3.63) is 0 Å². The molecule has 0 bridgehead atoms. The third kappa shape index (κ3) is 10.9. The molecular formula is C34H58N2O25. The number of carbonyl (C=O) groups excluding carboxylic acids is 2. The van der Waals surface area contributed by atoms with Crippen molar-refractivity contribution < 1.29 is 124 Å². The summed E-state index contributed by atoms with van der Waals surface area (Å²) >= 11 is 0. The van der Waals surface area contributed by atoms with Gasteiger partial charge in [-0.2, -0.15) is 0 Å². The lowest BCUT2D eigenvalue weighted by Gasteiger charge is -2.51. The monoisotopic (exact) mass is 894 g/mol. The molecule has 1 unspecified atom stereocenters. The Kier molecular flexibility index (Phi) is 17.5. The molecule has 0 aromatic carbocycles. The Bertz CT molecular complexity index is 1420. The fourth-order valence-corrected chi connectivity index (χ4v) is 7.65. The van der Waals surface area contributed by atoms with Crippen LogP contribution in [0.25, 0.3) is 0 Å². The molecule has 5 saturated heterocycles. The van der Waals surface area contributed by atoms with Crippen LogP contribution in [0, 0.1) is 0 Å². The van der Waals surface area contributed by atoms with E-state index in [0.717, 1.165) is 13.8 Å². The van der Waals surface area contributed by atoms with E-state index in [2.05, 4.69) is 10.6 Å². The van der Waals surface area contributed by atoms with Gasteiger partial charge in [0, 0.05) is 13.8 Å². The summed E-state index contributed by atoms with van der Waals surface area (Å²) in [5, 5.41) is 152. The molecular weight excluding hydrogens is 836 g/mol. The third-order valence-electron chi connectivity index (χ3n) is 11.1. The van der Waals surface area contributed by atoms with Crippen molar-refractivity contribution in [3.8, 4) is 0 Å². The standard InChI is InChI=1S/C34H58N2O25/c1-8-17(42)23(48)26(51)33(54-8)61-29-28(60-32-15(35-9(2)40)21(46)18(43)11(4-37)56-32)20(45)12(5-38)57-34(29)59-27-13(6-39)58-31(16(22(27)47)36-10(3)41)53-7-14-19(44)24(49)25(50)30(52)55-14/h8,11-34,37-39,42-52H,4-7H2,1-3H3,(H,35,40)(H,36,41)/t8-,11+,12+,13+,14+,15+,16+,17+,18-,19-,20-,21+,22+,23+,24-,25+,26-,27+,28-,29+,30?,31+,32+,33-,34-/m0/s1. The van der Waals surface area contributed by atoms with E-state index in [1.807, 2.05) is 0 Å². The molecule has 354 valence electrons. The number of rotatable bonds is 14. The first-order valence-electron chi connectivity index (χ1n) is 19.4. The van der Waals surface area contributed by atoms with E-state index in [1.54, 1.807) is 0 Å². The lowest BCUT2D eigenvalue weighted by molar-refractivity contribution is -0.399. The normalized spacial score (nSPS) is 49.6. The van der Waals surface area contributed by atoms with Crippen LogP contribution in [0.15, 0.2) is 0 Å². The van der Waals surface area contributed by atoms with Gasteiger partial charge in [0.15, 0.2) is 31.5 Å². The number of aliphatic hydroxyl groups is 14. The molecule has 5 aliphatic heterocycles. The first-order valence-corrected chi connectivity index (χ1v) is 19.4. The van der Waals surface area contributed by atoms with E-state index < -0.39 is 192 Å². The zero-order chi connectivity index (χ0) is 45.2. The predicted octanol–water partition coefficient (Wildman–Crippen LogP) is -10.6. The molecule has 27 heteroatoms. The summed E-state index contributed by atoms with van der Waals surface area (Å²) in [6.07, 6.45) is -41.1. The molecule has 5 fully saturated rings. The summed E-state index contributed by atoms with van der Waals surface area (Å²) in [5.74, 6) is -1.51. The zero-order valence-electron chi connectivity index (χ0n) is 33.0. The SMILES string of the molecule is CC(=O)N[C@H]1[C@H](OC[C@H]2OC(O)[C@H](O)[C@@H](O)[C@H]2O)O[C@H](CO)[C@@H](O[C@@H]2O[C@H](CO)[C@H](O)[C@H](O[C@H]3O[C@H](CO)[C@H](O)[C@H](O)[C@H]3NC(C)=O)[C@H]2O[C@@H]2O[C@@H](C)[C@@H](O)[C@@H](O)[C@@H]2O)[C@@H]1O. The zero-order valence-corrected chi connectivity index (χ0v) is 33.0. The fraction of sp³-hybridized carbons (Fsp3) is 0.941. The molecule has 16 N–H and O–H groups in total. The van der Waals surface area contributed by atoms with Gasteiger partial charge in [0.05, 0.1) is 32.5 Å². The number of ether oxygens (including phenoxy) is 9. The lowest BCUT2D eigenvalue weighted by Crippen LogP contribution is -2.70. The van der Waals surface area contributed by atoms with Crippen LogP contribution in [0.5, 0.6) is 0 Å². The van der Waals surface area contributed by atoms with Crippen LogP contribution in [0.3, 0.4) is 0 Å². The quantitative estimate of drug-likeness (QED) is 0.0770. The van der Waals surface area contributed by atoms with Gasteiger partial charge in [-0.3, -0.25) is 9.59 Å². The number of hydrogen-bond donors (Lipinski definition) is 16. The minimum atomic E-state index is -2.01. The van der Waals surface area contributed by atoms with Crippen LogP contribution < -0.4 is 10.6 Å².